The van der Waals surface area contributed by atoms with E-state index in [1.54, 1.807) is 24.2 Å². The Kier molecular flexibility index (Phi) is 14.2. The molecule has 0 amide bonds. The molecule has 34 heavy (non-hydrogen) atoms. The molecule has 0 saturated carbocycles. The first kappa shape index (κ1) is 33.1. The van der Waals surface area contributed by atoms with Gasteiger partial charge in [-0.1, -0.05) is 79.2 Å². The van der Waals surface area contributed by atoms with Gasteiger partial charge in [-0.15, -0.1) is 11.1 Å². The summed E-state index contributed by atoms with van der Waals surface area (Å²) in [7, 11) is 0. The van der Waals surface area contributed by atoms with E-state index in [0.717, 1.165) is 6.42 Å². The van der Waals surface area contributed by atoms with E-state index in [9.17, 15) is 0 Å². The molecule has 0 unspecified atom stereocenters. The Balaban J connectivity index is 0.000000614. The molecule has 0 nitrogen and oxygen atoms in total. The van der Waals surface area contributed by atoms with E-state index in [2.05, 4.69) is 112 Å². The van der Waals surface area contributed by atoms with Crippen LogP contribution in [0.1, 0.15) is 97.9 Å². The van der Waals surface area contributed by atoms with E-state index in [1.165, 1.54) is 58.8 Å². The van der Waals surface area contributed by atoms with Crippen LogP contribution in [0.4, 0.5) is 0 Å². The summed E-state index contributed by atoms with van der Waals surface area (Å²) in [5.41, 5.74) is 14.2. The Hall–Kier alpha value is -0.877. The van der Waals surface area contributed by atoms with E-state index in [1.807, 2.05) is 0 Å². The second-order valence-corrected chi connectivity index (χ2v) is 12.4. The summed E-state index contributed by atoms with van der Waals surface area (Å²) in [4.78, 5) is 0. The predicted octanol–water partition coefficient (Wildman–Crippen LogP) is 2.70. The van der Waals surface area contributed by atoms with Crippen LogP contribution in [0, 0.1) is 33.8 Å². The van der Waals surface area contributed by atoms with Crippen LogP contribution >= 0.6 is 0 Å². The minimum absolute atomic E-state index is 0. The van der Waals surface area contributed by atoms with Crippen molar-refractivity contribution >= 4 is 3.21 Å². The van der Waals surface area contributed by atoms with Gasteiger partial charge < -0.3 is 24.8 Å². The molecule has 3 aromatic carbocycles. The fourth-order valence-corrected chi connectivity index (χ4v) is 3.99. The minimum Gasteiger partial charge on any atom is -1.00 e. The van der Waals surface area contributed by atoms with Crippen molar-refractivity contribution in [2.24, 2.45) is 0 Å². The molecule has 1 aliphatic carbocycles. The first-order valence-corrected chi connectivity index (χ1v) is 13.0. The summed E-state index contributed by atoms with van der Waals surface area (Å²) in [5.74, 6) is 1.16. The Morgan fingerprint density at radius 1 is 0.824 bits per heavy atom. The molecule has 3 aromatic rings. The van der Waals surface area contributed by atoms with Crippen LogP contribution in [-0.4, -0.2) is 3.21 Å². The van der Waals surface area contributed by atoms with Gasteiger partial charge in [-0.05, 0) is 29.4 Å². The Morgan fingerprint density at radius 2 is 1.32 bits per heavy atom. The van der Waals surface area contributed by atoms with Crippen molar-refractivity contribution in [1.29, 1.82) is 0 Å². The van der Waals surface area contributed by atoms with Crippen LogP contribution < -0.4 is 24.8 Å². The molecule has 0 saturated heterocycles. The molecule has 0 spiro atoms. The zero-order chi connectivity index (χ0) is 24.2. The number of hydrogen-bond donors (Lipinski definition) is 0. The molecule has 0 N–H and O–H groups in total. The zero-order valence-electron chi connectivity index (χ0n) is 22.6. The molecule has 1 aliphatic rings. The quantitative estimate of drug-likeness (QED) is 0.323. The minimum atomic E-state index is 0. The Labute approximate surface area is 236 Å². The average Bonchev–Trinajstić information content (AvgIpc) is 3.18. The van der Waals surface area contributed by atoms with E-state index in [0.29, 0.717) is 11.8 Å². The van der Waals surface area contributed by atoms with Gasteiger partial charge in [0.2, 0.25) is 0 Å². The third-order valence-corrected chi connectivity index (χ3v) is 6.30. The predicted molar refractivity (Wildman–Crippen MR) is 139 cm³/mol. The van der Waals surface area contributed by atoms with E-state index < -0.39 is 0 Å². The van der Waals surface area contributed by atoms with Gasteiger partial charge in [0, 0.05) is 0 Å². The number of aryl methyl sites for hydroxylation is 2. The van der Waals surface area contributed by atoms with Gasteiger partial charge in [-0.3, -0.25) is 0 Å². The molecule has 0 fully saturated rings. The topological polar surface area (TPSA) is 0 Å². The van der Waals surface area contributed by atoms with Crippen LogP contribution in [0.5, 0.6) is 0 Å². The molecular weight excluding hydrogens is 534 g/mol. The Bertz CT molecular complexity index is 1010. The summed E-state index contributed by atoms with van der Waals surface area (Å²) in [5, 5.41) is 0. The molecule has 0 aliphatic heterocycles. The second kappa shape index (κ2) is 14.6. The second-order valence-electron chi connectivity index (χ2n) is 9.97. The van der Waals surface area contributed by atoms with E-state index in [4.69, 9.17) is 0 Å². The molecule has 0 aromatic heterocycles. The maximum absolute atomic E-state index is 3.62. The molecular formula is C31H40Cl2Zr-2. The van der Waals surface area contributed by atoms with Gasteiger partial charge in [0.15, 0.2) is 0 Å². The van der Waals surface area contributed by atoms with Gasteiger partial charge in [0.05, 0.1) is 0 Å². The molecule has 4 rings (SSSR count). The van der Waals surface area contributed by atoms with Gasteiger partial charge in [0.25, 0.3) is 0 Å². The third kappa shape index (κ3) is 8.65. The Morgan fingerprint density at radius 3 is 1.74 bits per heavy atom. The van der Waals surface area contributed by atoms with Gasteiger partial charge in [-0.2, -0.15) is 52.1 Å². The van der Waals surface area contributed by atoms with E-state index in [-0.39, 0.29) is 24.8 Å². The van der Waals surface area contributed by atoms with Crippen molar-refractivity contribution in [2.45, 2.75) is 87.5 Å². The summed E-state index contributed by atoms with van der Waals surface area (Å²) < 4.78 is 1.51. The summed E-state index contributed by atoms with van der Waals surface area (Å²) in [6, 6.07) is 17.3. The van der Waals surface area contributed by atoms with Crippen LogP contribution in [-0.2, 0) is 30.7 Å². The molecule has 184 valence electrons. The molecule has 0 heterocycles. The van der Waals surface area contributed by atoms with Crippen molar-refractivity contribution in [2.75, 3.05) is 0 Å². The maximum atomic E-state index is 3.62. The standard InChI is InChI=1S/C19H21.C9H13.C3H6.2ClH.Zr/c1-12(2)14-5-7-18-16(9-14)11-17-10-15(13(3)4)6-8-19(17)18;1-6-5-7(2)9(4)8(6)3;1-3-2;;;/h5-9,12-13H,11H2,1-4H3;5H,1-4H3;1-2H3;2*1H;/q2*-1;;;;+2/p-2. The van der Waals surface area contributed by atoms with Crippen molar-refractivity contribution in [3.05, 3.63) is 87.0 Å². The number of hydrogen-bond acceptors (Lipinski definition) is 0. The summed E-state index contributed by atoms with van der Waals surface area (Å²) in [6.07, 6.45) is 1.05. The summed E-state index contributed by atoms with van der Waals surface area (Å²) in [6.45, 7) is 21.9. The van der Waals surface area contributed by atoms with Gasteiger partial charge >= 0.3 is 41.3 Å². The SMILES string of the molecule is CC(C)c1[c-]c2c(cc1)-c1ccc(C(C)C)cc1C2.C[C](C)=[Zr+2].Cc1[cH-]c(C)c(C)c1C.[Cl-].[Cl-]. The first-order valence-electron chi connectivity index (χ1n) is 11.8. The van der Waals surface area contributed by atoms with Crippen molar-refractivity contribution in [3.8, 4) is 11.1 Å². The largest absolute Gasteiger partial charge is 1.00 e. The number of fused-ring (bicyclic) bond motifs is 3. The fraction of sp³-hybridized carbons (Fsp3) is 0.419. The average molecular weight is 575 g/mol. The maximum Gasteiger partial charge on any atom is -0.0632 e. The summed E-state index contributed by atoms with van der Waals surface area (Å²) >= 11 is 1.55. The van der Waals surface area contributed by atoms with Crippen molar-refractivity contribution in [3.63, 3.8) is 0 Å². The number of halogens is 2. The third-order valence-electron chi connectivity index (χ3n) is 6.30. The van der Waals surface area contributed by atoms with Gasteiger partial charge in [0.1, 0.15) is 0 Å². The van der Waals surface area contributed by atoms with Crippen LogP contribution in [0.3, 0.4) is 0 Å². The van der Waals surface area contributed by atoms with E-state index >= 15 is 0 Å². The molecule has 3 heteroatoms. The smallest absolute Gasteiger partial charge is 0.0632 e. The normalized spacial score (nSPS) is 10.8. The van der Waals surface area contributed by atoms with Crippen molar-refractivity contribution < 1.29 is 49.0 Å². The first-order chi connectivity index (χ1) is 14.9. The number of benzene rings is 2. The van der Waals surface area contributed by atoms with Crippen LogP contribution in [0.15, 0.2) is 36.4 Å². The van der Waals surface area contributed by atoms with Gasteiger partial charge in [-0.25, -0.2) is 0 Å². The van der Waals surface area contributed by atoms with Crippen LogP contribution in [0.25, 0.3) is 11.1 Å². The molecule has 0 bridgehead atoms. The monoisotopic (exact) mass is 572 g/mol. The van der Waals surface area contributed by atoms with Crippen molar-refractivity contribution in [1.82, 2.24) is 0 Å². The molecule has 0 atom stereocenters. The molecule has 0 radical (unpaired) electrons. The zero-order valence-corrected chi connectivity index (χ0v) is 26.6. The van der Waals surface area contributed by atoms with Crippen LogP contribution in [0.2, 0.25) is 0 Å². The number of rotatable bonds is 2. The fourth-order valence-electron chi connectivity index (χ4n) is 3.99.